The Balaban J connectivity index is 0.000000542. The standard InChI is InChI=1S/C15H17N6O.C4H8N.W.Y/c1-10-17-8-11(9-18-10)13-12-2-3-16-14(12)20-15(19-13)21-4-6-22-7-5-21;1-3-5-4-2;;/h8-9H,2-7H2,1H3;1-4H2;;/q-1;-3;+2;. The molecule has 29 heavy (non-hydrogen) atoms. The van der Waals surface area contributed by atoms with Gasteiger partial charge in [-0.15, -0.1) is 0 Å². The molecule has 2 aliphatic rings. The van der Waals surface area contributed by atoms with Crippen LogP contribution in [0.3, 0.4) is 0 Å². The van der Waals surface area contributed by atoms with Crippen molar-refractivity contribution in [3.8, 4) is 11.3 Å². The van der Waals surface area contributed by atoms with Gasteiger partial charge < -0.3 is 39.1 Å². The molecule has 0 bridgehead atoms. The summed E-state index contributed by atoms with van der Waals surface area (Å²) in [6, 6.07) is 0. The molecule has 0 unspecified atom stereocenters. The van der Waals surface area contributed by atoms with Crippen LogP contribution in [0, 0.1) is 20.8 Å². The molecule has 0 spiro atoms. The van der Waals surface area contributed by atoms with Crippen LogP contribution in [-0.2, 0) is 64.9 Å². The second kappa shape index (κ2) is 13.7. The summed E-state index contributed by atoms with van der Waals surface area (Å²) in [5, 5.41) is 8.26. The molecule has 0 amide bonds. The van der Waals surface area contributed by atoms with Gasteiger partial charge in [-0.05, 0) is 25.5 Å². The van der Waals surface area contributed by atoms with Crippen LogP contribution < -0.4 is 4.90 Å². The van der Waals surface area contributed by atoms with E-state index in [0.29, 0.717) is 26.3 Å². The van der Waals surface area contributed by atoms with Crippen LogP contribution >= 0.6 is 0 Å². The summed E-state index contributed by atoms with van der Waals surface area (Å²) >= 11 is 0. The van der Waals surface area contributed by atoms with Gasteiger partial charge in [-0.2, -0.15) is 0 Å². The minimum absolute atomic E-state index is 0. The van der Waals surface area contributed by atoms with Crippen LogP contribution in [0.25, 0.3) is 21.9 Å². The van der Waals surface area contributed by atoms with E-state index in [2.05, 4.69) is 44.3 Å². The Morgan fingerprint density at radius 1 is 1.14 bits per heavy atom. The van der Waals surface area contributed by atoms with Crippen LogP contribution in [-0.4, -0.2) is 65.9 Å². The third-order valence-corrected chi connectivity index (χ3v) is 4.26. The fourth-order valence-electron chi connectivity index (χ4n) is 2.87. The third kappa shape index (κ3) is 7.28. The van der Waals surface area contributed by atoms with Crippen molar-refractivity contribution in [2.24, 2.45) is 0 Å². The number of aromatic nitrogens is 4. The molecule has 2 aliphatic heterocycles. The van der Waals surface area contributed by atoms with E-state index >= 15 is 0 Å². The molecule has 10 heteroatoms. The molecule has 8 nitrogen and oxygen atoms in total. The molecule has 0 atom stereocenters. The number of fused-ring (bicyclic) bond motifs is 1. The number of anilines is 1. The maximum atomic E-state index is 5.40. The minimum Gasteiger partial charge on any atom is -0.715 e. The van der Waals surface area contributed by atoms with E-state index in [1.165, 1.54) is 0 Å². The molecule has 0 N–H and O–H groups in total. The van der Waals surface area contributed by atoms with Gasteiger partial charge in [-0.1, -0.05) is 5.82 Å². The number of hydrogen-bond acceptors (Lipinski definition) is 6. The smallest absolute Gasteiger partial charge is 0.715 e. The Morgan fingerprint density at radius 3 is 2.38 bits per heavy atom. The first-order valence-electron chi connectivity index (χ1n) is 9.14. The Kier molecular flexibility index (Phi) is 12.5. The van der Waals surface area contributed by atoms with Gasteiger partial charge in [0.15, 0.2) is 0 Å². The minimum atomic E-state index is 0. The molecule has 2 aromatic heterocycles. The zero-order valence-electron chi connectivity index (χ0n) is 16.8. The molecule has 1 saturated heterocycles. The summed E-state index contributed by atoms with van der Waals surface area (Å²) in [6.45, 7) is 13.9. The molecular weight excluding hydrogens is 615 g/mol. The van der Waals surface area contributed by atoms with Crippen molar-refractivity contribution in [3.63, 3.8) is 0 Å². The van der Waals surface area contributed by atoms with Gasteiger partial charge in [0, 0.05) is 63.8 Å². The molecule has 1 radical (unpaired) electrons. The van der Waals surface area contributed by atoms with E-state index in [9.17, 15) is 0 Å². The molecule has 4 heterocycles. The van der Waals surface area contributed by atoms with Crippen LogP contribution in [0.5, 0.6) is 0 Å². The topological polar surface area (TPSA) is 92.2 Å². The quantitative estimate of drug-likeness (QED) is 0.478. The fraction of sp³-hybridized carbons (Fsp3) is 0.474. The third-order valence-electron chi connectivity index (χ3n) is 4.26. The molecule has 1 fully saturated rings. The van der Waals surface area contributed by atoms with Gasteiger partial charge in [0.25, 0.3) is 0 Å². The second-order valence-corrected chi connectivity index (χ2v) is 6.10. The van der Waals surface area contributed by atoms with Crippen molar-refractivity contribution in [2.45, 2.75) is 13.3 Å². The first-order chi connectivity index (χ1) is 13.2. The first-order valence-corrected chi connectivity index (χ1v) is 9.14. The van der Waals surface area contributed by atoms with E-state index in [-0.39, 0.29) is 53.8 Å². The van der Waals surface area contributed by atoms with Crippen LogP contribution in [0.1, 0.15) is 11.4 Å². The van der Waals surface area contributed by atoms with E-state index in [4.69, 9.17) is 9.72 Å². The van der Waals surface area contributed by atoms with Gasteiger partial charge >= 0.3 is 21.1 Å². The second-order valence-electron chi connectivity index (χ2n) is 6.10. The summed E-state index contributed by atoms with van der Waals surface area (Å²) in [7, 11) is 0. The summed E-state index contributed by atoms with van der Waals surface area (Å²) < 4.78 is 5.40. The van der Waals surface area contributed by atoms with E-state index in [1.807, 2.05) is 19.3 Å². The summed E-state index contributed by atoms with van der Waals surface area (Å²) in [4.78, 5) is 20.1. The molecule has 0 aliphatic carbocycles. The summed E-state index contributed by atoms with van der Waals surface area (Å²) in [6.07, 6.45) is 4.53. The van der Waals surface area contributed by atoms with Crippen molar-refractivity contribution in [3.05, 3.63) is 48.3 Å². The Morgan fingerprint density at radius 2 is 1.79 bits per heavy atom. The molecule has 4 rings (SSSR count). The van der Waals surface area contributed by atoms with Crippen molar-refractivity contribution < 1.29 is 58.5 Å². The molecule has 0 aromatic carbocycles. The molecule has 153 valence electrons. The molecular formula is C19H25N7OWY-2. The Bertz CT molecular complexity index is 740. The van der Waals surface area contributed by atoms with Crippen LogP contribution in [0.2, 0.25) is 0 Å². The number of hydrogen-bond donors (Lipinski definition) is 0. The predicted molar refractivity (Wildman–Crippen MR) is 106 cm³/mol. The van der Waals surface area contributed by atoms with E-state index in [0.717, 1.165) is 60.5 Å². The van der Waals surface area contributed by atoms with Crippen molar-refractivity contribution in [2.75, 3.05) is 50.8 Å². The fourth-order valence-corrected chi connectivity index (χ4v) is 2.87. The largest absolute Gasteiger partial charge is 2.00 e. The first kappa shape index (κ1) is 26.5. The van der Waals surface area contributed by atoms with Gasteiger partial charge in [-0.25, -0.2) is 15.0 Å². The number of nitrogens with zero attached hydrogens (tertiary/aromatic N) is 7. The Labute approximate surface area is 212 Å². The van der Waals surface area contributed by atoms with Gasteiger partial charge in [0.05, 0.1) is 18.9 Å². The average molecular weight is 640 g/mol. The maximum absolute atomic E-state index is 5.40. The normalized spacial score (nSPS) is 14.5. The van der Waals surface area contributed by atoms with Crippen LogP contribution in [0.15, 0.2) is 12.4 Å². The monoisotopic (exact) mass is 640 g/mol. The summed E-state index contributed by atoms with van der Waals surface area (Å²) in [5.41, 5.74) is 2.94. The number of morpholine rings is 1. The van der Waals surface area contributed by atoms with Gasteiger partial charge in [-0.3, -0.25) is 13.1 Å². The van der Waals surface area contributed by atoms with E-state index in [1.54, 1.807) is 0 Å². The predicted octanol–water partition coefficient (Wildman–Crippen LogP) is 2.66. The van der Waals surface area contributed by atoms with Crippen molar-refractivity contribution >= 4 is 11.8 Å². The number of ether oxygens (including phenoxy) is 1. The number of aryl methyl sites for hydroxylation is 1. The zero-order chi connectivity index (χ0) is 19.1. The SMILES string of the molecule is Cc1ncc(-c2nc(N3CCOCC3)nc3c2CC[N-]3)cn1.[CH2-]C[N-]C[CH2-].[W+2].[Y]. The van der Waals surface area contributed by atoms with E-state index < -0.39 is 0 Å². The molecule has 0 saturated carbocycles. The van der Waals surface area contributed by atoms with Gasteiger partial charge in [0.2, 0.25) is 0 Å². The van der Waals surface area contributed by atoms with Crippen molar-refractivity contribution in [1.82, 2.24) is 19.9 Å². The van der Waals surface area contributed by atoms with Crippen LogP contribution in [0.4, 0.5) is 11.8 Å². The number of rotatable bonds is 4. The maximum Gasteiger partial charge on any atom is 2.00 e. The summed E-state index contributed by atoms with van der Waals surface area (Å²) in [5.74, 6) is 2.29. The Hall–Kier alpha value is -0.528. The molecule has 2 aromatic rings. The van der Waals surface area contributed by atoms with Gasteiger partial charge in [0.1, 0.15) is 11.8 Å². The average Bonchev–Trinajstić information content (AvgIpc) is 3.18. The van der Waals surface area contributed by atoms with Crippen molar-refractivity contribution in [1.29, 1.82) is 0 Å². The zero-order valence-corrected chi connectivity index (χ0v) is 22.5.